The predicted molar refractivity (Wildman–Crippen MR) is 73.5 cm³/mol. The number of aromatic nitrogens is 2. The first-order valence-electron chi connectivity index (χ1n) is 6.20. The third-order valence-electron chi connectivity index (χ3n) is 3.14. The zero-order chi connectivity index (χ0) is 13.8. The summed E-state index contributed by atoms with van der Waals surface area (Å²) in [6, 6.07) is 7.29. The molecule has 1 unspecified atom stereocenters. The average molecular weight is 261 g/mol. The Balaban J connectivity index is 2.41. The number of ether oxygens (including phenoxy) is 2. The number of aryl methyl sites for hydroxylation is 1. The lowest BCUT2D eigenvalue weighted by Crippen LogP contribution is -2.18. The zero-order valence-electron chi connectivity index (χ0n) is 11.5. The van der Waals surface area contributed by atoms with Crippen LogP contribution in [-0.4, -0.2) is 24.0 Å². The highest BCUT2D eigenvalue weighted by Gasteiger charge is 2.18. The van der Waals surface area contributed by atoms with E-state index in [2.05, 4.69) is 5.10 Å². The minimum absolute atomic E-state index is 0.275. The molecule has 102 valence electrons. The van der Waals surface area contributed by atoms with Gasteiger partial charge in [-0.15, -0.1) is 0 Å². The summed E-state index contributed by atoms with van der Waals surface area (Å²) in [6.07, 6.45) is 1.76. The number of hydrogen-bond donors (Lipinski definition) is 1. The molecule has 1 aromatic heterocycles. The van der Waals surface area contributed by atoms with Crippen molar-refractivity contribution < 1.29 is 9.47 Å². The Hall–Kier alpha value is -2.01. The molecule has 5 nitrogen and oxygen atoms in total. The van der Waals surface area contributed by atoms with Gasteiger partial charge in [-0.05, 0) is 25.1 Å². The molecule has 0 saturated carbocycles. The average Bonchev–Trinajstić information content (AvgIpc) is 2.94. The fraction of sp³-hybridized carbons (Fsp3) is 0.357. The standard InChI is InChI=1S/C14H19N3O2/c1-4-17-12(7-8-16-17)14(15)11-6-5-10(18-2)9-13(11)19-3/h5-9,14H,4,15H2,1-3H3. The lowest BCUT2D eigenvalue weighted by molar-refractivity contribution is 0.389. The van der Waals surface area contributed by atoms with E-state index in [1.165, 1.54) is 0 Å². The summed E-state index contributed by atoms with van der Waals surface area (Å²) in [4.78, 5) is 0. The van der Waals surface area contributed by atoms with E-state index in [-0.39, 0.29) is 6.04 Å². The SMILES string of the molecule is CCn1nccc1C(N)c1ccc(OC)cc1OC. The van der Waals surface area contributed by atoms with Gasteiger partial charge in [0.15, 0.2) is 0 Å². The van der Waals surface area contributed by atoms with Crippen LogP contribution in [0.25, 0.3) is 0 Å². The first-order valence-corrected chi connectivity index (χ1v) is 6.20. The van der Waals surface area contributed by atoms with E-state index < -0.39 is 0 Å². The van der Waals surface area contributed by atoms with Crippen molar-refractivity contribution in [3.05, 3.63) is 41.7 Å². The quantitative estimate of drug-likeness (QED) is 0.893. The third kappa shape index (κ3) is 2.56. The van der Waals surface area contributed by atoms with Crippen molar-refractivity contribution >= 4 is 0 Å². The lowest BCUT2D eigenvalue weighted by atomic mass is 10.0. The topological polar surface area (TPSA) is 62.3 Å². The largest absolute Gasteiger partial charge is 0.497 e. The van der Waals surface area contributed by atoms with Crippen LogP contribution in [0.15, 0.2) is 30.5 Å². The molecule has 19 heavy (non-hydrogen) atoms. The Kier molecular flexibility index (Phi) is 4.06. The molecule has 1 atom stereocenters. The maximum atomic E-state index is 6.32. The molecule has 0 aliphatic heterocycles. The van der Waals surface area contributed by atoms with Crippen molar-refractivity contribution in [2.45, 2.75) is 19.5 Å². The van der Waals surface area contributed by atoms with Gasteiger partial charge < -0.3 is 15.2 Å². The van der Waals surface area contributed by atoms with Crippen molar-refractivity contribution in [1.29, 1.82) is 0 Å². The minimum Gasteiger partial charge on any atom is -0.497 e. The maximum Gasteiger partial charge on any atom is 0.127 e. The molecule has 1 heterocycles. The molecule has 0 radical (unpaired) electrons. The fourth-order valence-electron chi connectivity index (χ4n) is 2.11. The Morgan fingerprint density at radius 2 is 2.05 bits per heavy atom. The van der Waals surface area contributed by atoms with Gasteiger partial charge in [-0.2, -0.15) is 5.10 Å². The number of rotatable bonds is 5. The van der Waals surface area contributed by atoms with Crippen LogP contribution in [0.5, 0.6) is 11.5 Å². The second-order valence-corrected chi connectivity index (χ2v) is 4.16. The van der Waals surface area contributed by atoms with E-state index in [0.29, 0.717) is 0 Å². The molecule has 2 rings (SSSR count). The van der Waals surface area contributed by atoms with Crippen LogP contribution in [0.4, 0.5) is 0 Å². The second-order valence-electron chi connectivity index (χ2n) is 4.16. The molecule has 0 fully saturated rings. The van der Waals surface area contributed by atoms with Crippen molar-refractivity contribution in [2.75, 3.05) is 14.2 Å². The monoisotopic (exact) mass is 261 g/mol. The molecule has 2 N–H and O–H groups in total. The number of nitrogens with zero attached hydrogens (tertiary/aromatic N) is 2. The smallest absolute Gasteiger partial charge is 0.127 e. The number of benzene rings is 1. The molecule has 0 aliphatic rings. The van der Waals surface area contributed by atoms with Crippen LogP contribution in [0.1, 0.15) is 24.2 Å². The highest BCUT2D eigenvalue weighted by Crippen LogP contribution is 2.31. The first kappa shape index (κ1) is 13.4. The van der Waals surface area contributed by atoms with Crippen LogP contribution in [0.3, 0.4) is 0 Å². The molecule has 0 saturated heterocycles. The first-order chi connectivity index (χ1) is 9.21. The summed E-state index contributed by atoms with van der Waals surface area (Å²) >= 11 is 0. The summed E-state index contributed by atoms with van der Waals surface area (Å²) in [6.45, 7) is 2.82. The van der Waals surface area contributed by atoms with Gasteiger partial charge in [0, 0.05) is 24.4 Å². The van der Waals surface area contributed by atoms with Gasteiger partial charge >= 0.3 is 0 Å². The third-order valence-corrected chi connectivity index (χ3v) is 3.14. The molecule has 2 aromatic rings. The van der Waals surface area contributed by atoms with Gasteiger partial charge in [-0.1, -0.05) is 0 Å². The number of nitrogens with two attached hydrogens (primary N) is 1. The predicted octanol–water partition coefficient (Wildman–Crippen LogP) is 1.97. The Morgan fingerprint density at radius 3 is 2.68 bits per heavy atom. The van der Waals surface area contributed by atoms with E-state index in [9.17, 15) is 0 Å². The summed E-state index contributed by atoms with van der Waals surface area (Å²) in [5.41, 5.74) is 8.20. The van der Waals surface area contributed by atoms with Crippen molar-refractivity contribution in [2.24, 2.45) is 5.73 Å². The minimum atomic E-state index is -0.275. The Morgan fingerprint density at radius 1 is 1.26 bits per heavy atom. The molecule has 5 heteroatoms. The molecule has 0 bridgehead atoms. The second kappa shape index (κ2) is 5.75. The van der Waals surface area contributed by atoms with E-state index in [4.69, 9.17) is 15.2 Å². The molecule has 0 spiro atoms. The van der Waals surface area contributed by atoms with E-state index in [0.717, 1.165) is 29.3 Å². The van der Waals surface area contributed by atoms with Gasteiger partial charge in [0.05, 0.1) is 26.0 Å². The van der Waals surface area contributed by atoms with Crippen molar-refractivity contribution in [3.8, 4) is 11.5 Å². The van der Waals surface area contributed by atoms with E-state index in [1.807, 2.05) is 35.9 Å². The lowest BCUT2D eigenvalue weighted by Gasteiger charge is -2.17. The summed E-state index contributed by atoms with van der Waals surface area (Å²) in [5.74, 6) is 1.47. The van der Waals surface area contributed by atoms with Gasteiger partial charge in [0.1, 0.15) is 11.5 Å². The van der Waals surface area contributed by atoms with E-state index in [1.54, 1.807) is 20.4 Å². The maximum absolute atomic E-state index is 6.32. The van der Waals surface area contributed by atoms with Crippen LogP contribution >= 0.6 is 0 Å². The molecular formula is C14H19N3O2. The normalized spacial score (nSPS) is 12.2. The highest BCUT2D eigenvalue weighted by molar-refractivity contribution is 5.44. The highest BCUT2D eigenvalue weighted by atomic mass is 16.5. The van der Waals surface area contributed by atoms with Crippen LogP contribution in [-0.2, 0) is 6.54 Å². The molecule has 1 aromatic carbocycles. The van der Waals surface area contributed by atoms with Crippen LogP contribution < -0.4 is 15.2 Å². The summed E-state index contributed by atoms with van der Waals surface area (Å²) < 4.78 is 12.5. The van der Waals surface area contributed by atoms with Gasteiger partial charge in [-0.3, -0.25) is 4.68 Å². The Bertz CT molecular complexity index is 551. The van der Waals surface area contributed by atoms with Gasteiger partial charge in [-0.25, -0.2) is 0 Å². The number of methoxy groups -OCH3 is 2. The van der Waals surface area contributed by atoms with Crippen molar-refractivity contribution in [3.63, 3.8) is 0 Å². The van der Waals surface area contributed by atoms with Crippen LogP contribution in [0, 0.1) is 0 Å². The summed E-state index contributed by atoms with van der Waals surface area (Å²) in [5, 5.41) is 4.24. The van der Waals surface area contributed by atoms with Crippen molar-refractivity contribution in [1.82, 2.24) is 9.78 Å². The van der Waals surface area contributed by atoms with E-state index >= 15 is 0 Å². The van der Waals surface area contributed by atoms with Gasteiger partial charge in [0.25, 0.3) is 0 Å². The zero-order valence-corrected chi connectivity index (χ0v) is 11.5. The molecular weight excluding hydrogens is 242 g/mol. The van der Waals surface area contributed by atoms with Crippen LogP contribution in [0.2, 0.25) is 0 Å². The fourth-order valence-corrected chi connectivity index (χ4v) is 2.11. The molecule has 0 aliphatic carbocycles. The summed E-state index contributed by atoms with van der Waals surface area (Å²) in [7, 11) is 3.25. The van der Waals surface area contributed by atoms with Gasteiger partial charge in [0.2, 0.25) is 0 Å². The Labute approximate surface area is 112 Å². The molecule has 0 amide bonds. The number of hydrogen-bond acceptors (Lipinski definition) is 4.